The van der Waals surface area contributed by atoms with Gasteiger partial charge in [0.25, 0.3) is 0 Å². The van der Waals surface area contributed by atoms with Crippen molar-refractivity contribution in [2.75, 3.05) is 26.4 Å². The van der Waals surface area contributed by atoms with Crippen LogP contribution in [0.15, 0.2) is 24.3 Å². The van der Waals surface area contributed by atoms with Crippen molar-refractivity contribution in [2.45, 2.75) is 45.3 Å². The van der Waals surface area contributed by atoms with Crippen LogP contribution in [0.1, 0.15) is 32.3 Å². The first-order valence-corrected chi connectivity index (χ1v) is 8.40. The molecular weight excluding hydrogens is 278 g/mol. The number of hydrogen-bond acceptors (Lipinski definition) is 4. The third kappa shape index (κ3) is 5.59. The van der Waals surface area contributed by atoms with E-state index in [9.17, 15) is 5.11 Å². The summed E-state index contributed by atoms with van der Waals surface area (Å²) in [5.41, 5.74) is 1.29. The molecule has 4 nitrogen and oxygen atoms in total. The molecule has 1 heterocycles. The number of hydrogen-bond donors (Lipinski definition) is 2. The van der Waals surface area contributed by atoms with Gasteiger partial charge >= 0.3 is 0 Å². The van der Waals surface area contributed by atoms with Gasteiger partial charge in [-0.3, -0.25) is 0 Å². The van der Waals surface area contributed by atoms with Crippen molar-refractivity contribution < 1.29 is 14.6 Å². The number of nitrogens with one attached hydrogen (secondary N) is 1. The van der Waals surface area contributed by atoms with Crippen molar-refractivity contribution in [3.05, 3.63) is 29.8 Å². The van der Waals surface area contributed by atoms with Crippen LogP contribution >= 0.6 is 0 Å². The lowest BCUT2D eigenvalue weighted by atomic mass is 9.93. The second kappa shape index (κ2) is 9.13. The highest BCUT2D eigenvalue weighted by molar-refractivity contribution is 5.27. The number of benzene rings is 1. The number of aryl methyl sites for hydroxylation is 1. The lowest BCUT2D eigenvalue weighted by molar-refractivity contribution is 0.0512. The van der Waals surface area contributed by atoms with Crippen LogP contribution in [0.25, 0.3) is 0 Å². The van der Waals surface area contributed by atoms with Gasteiger partial charge in [0.05, 0.1) is 0 Å². The summed E-state index contributed by atoms with van der Waals surface area (Å²) in [7, 11) is 0. The summed E-state index contributed by atoms with van der Waals surface area (Å²) in [5, 5.41) is 13.5. The van der Waals surface area contributed by atoms with Crippen LogP contribution in [0.4, 0.5) is 0 Å². The first-order chi connectivity index (χ1) is 10.7. The lowest BCUT2D eigenvalue weighted by Gasteiger charge is -2.29. The van der Waals surface area contributed by atoms with E-state index >= 15 is 0 Å². The molecule has 124 valence electrons. The highest BCUT2D eigenvalue weighted by Gasteiger charge is 2.20. The summed E-state index contributed by atoms with van der Waals surface area (Å²) in [6.07, 6.45) is 2.74. The Morgan fingerprint density at radius 3 is 2.59 bits per heavy atom. The van der Waals surface area contributed by atoms with E-state index in [0.717, 1.165) is 38.2 Å². The molecule has 0 radical (unpaired) electrons. The first-order valence-electron chi connectivity index (χ1n) is 8.40. The first kappa shape index (κ1) is 17.3. The van der Waals surface area contributed by atoms with Crippen molar-refractivity contribution >= 4 is 0 Å². The van der Waals surface area contributed by atoms with E-state index in [4.69, 9.17) is 9.47 Å². The summed E-state index contributed by atoms with van der Waals surface area (Å²) in [5.74, 6) is 1.46. The molecule has 0 amide bonds. The second-order valence-corrected chi connectivity index (χ2v) is 6.11. The Labute approximate surface area is 133 Å². The third-order valence-corrected chi connectivity index (χ3v) is 4.42. The van der Waals surface area contributed by atoms with Crippen LogP contribution in [0.2, 0.25) is 0 Å². The van der Waals surface area contributed by atoms with Crippen LogP contribution in [0, 0.1) is 5.92 Å². The van der Waals surface area contributed by atoms with Crippen molar-refractivity contribution in [2.24, 2.45) is 5.92 Å². The molecule has 0 bridgehead atoms. The van der Waals surface area contributed by atoms with Crippen molar-refractivity contribution in [1.29, 1.82) is 0 Å². The molecule has 0 aliphatic carbocycles. The van der Waals surface area contributed by atoms with Gasteiger partial charge in [0, 0.05) is 25.8 Å². The minimum Gasteiger partial charge on any atom is -0.491 e. The molecule has 22 heavy (non-hydrogen) atoms. The summed E-state index contributed by atoms with van der Waals surface area (Å²) in [6.45, 7) is 6.91. The molecular formula is C18H29NO3. The molecule has 1 saturated heterocycles. The smallest absolute Gasteiger partial charge is 0.119 e. The molecule has 0 spiro atoms. The zero-order chi connectivity index (χ0) is 15.8. The Morgan fingerprint density at radius 1 is 1.27 bits per heavy atom. The van der Waals surface area contributed by atoms with Gasteiger partial charge in [-0.05, 0) is 49.8 Å². The van der Waals surface area contributed by atoms with Gasteiger partial charge in [-0.1, -0.05) is 19.1 Å². The number of aliphatic hydroxyl groups is 1. The van der Waals surface area contributed by atoms with Gasteiger partial charge in [-0.2, -0.15) is 0 Å². The highest BCUT2D eigenvalue weighted by Crippen LogP contribution is 2.18. The normalized spacial score (nSPS) is 18.9. The molecule has 0 saturated carbocycles. The minimum atomic E-state index is -0.492. The molecule has 2 rings (SSSR count). The van der Waals surface area contributed by atoms with Crippen molar-refractivity contribution in [1.82, 2.24) is 5.32 Å². The molecule has 1 aromatic carbocycles. The molecule has 0 aromatic heterocycles. The van der Waals surface area contributed by atoms with Crippen LogP contribution in [-0.2, 0) is 11.2 Å². The molecule has 1 aliphatic heterocycles. The minimum absolute atomic E-state index is 0.318. The molecule has 1 fully saturated rings. The van der Waals surface area contributed by atoms with Gasteiger partial charge in [0.2, 0.25) is 0 Å². The molecule has 1 aliphatic rings. The summed E-state index contributed by atoms with van der Waals surface area (Å²) < 4.78 is 11.0. The number of aliphatic hydroxyl groups excluding tert-OH is 1. The Balaban J connectivity index is 1.65. The fraction of sp³-hybridized carbons (Fsp3) is 0.667. The lowest BCUT2D eigenvalue weighted by Crippen LogP contribution is -2.41. The average Bonchev–Trinajstić information content (AvgIpc) is 2.59. The summed E-state index contributed by atoms with van der Waals surface area (Å²) in [6, 6.07) is 8.45. The Morgan fingerprint density at radius 2 is 1.95 bits per heavy atom. The average molecular weight is 307 g/mol. The zero-order valence-corrected chi connectivity index (χ0v) is 13.8. The number of rotatable bonds is 8. The van der Waals surface area contributed by atoms with Crippen LogP contribution in [-0.4, -0.2) is 43.6 Å². The molecule has 2 unspecified atom stereocenters. The van der Waals surface area contributed by atoms with Gasteiger partial charge in [-0.15, -0.1) is 0 Å². The predicted molar refractivity (Wildman–Crippen MR) is 88.3 cm³/mol. The topological polar surface area (TPSA) is 50.7 Å². The fourth-order valence-electron chi connectivity index (χ4n) is 2.78. The van der Waals surface area contributed by atoms with Gasteiger partial charge in [-0.25, -0.2) is 0 Å². The monoisotopic (exact) mass is 307 g/mol. The van der Waals surface area contributed by atoms with Gasteiger partial charge in [0.15, 0.2) is 0 Å². The zero-order valence-electron chi connectivity index (χ0n) is 13.8. The Hall–Kier alpha value is -1.10. The standard InChI is InChI=1S/C18H29NO3/c1-3-15-4-6-18(7-5-15)22-13-17(20)12-19-14(2)16-8-10-21-11-9-16/h4-7,14,16-17,19-20H,3,8-13H2,1-2H3. The van der Waals surface area contributed by atoms with Gasteiger partial charge < -0.3 is 19.9 Å². The summed E-state index contributed by atoms with van der Waals surface area (Å²) >= 11 is 0. The van der Waals surface area contributed by atoms with Crippen molar-refractivity contribution in [3.8, 4) is 5.75 Å². The van der Waals surface area contributed by atoms with E-state index in [1.807, 2.05) is 12.1 Å². The van der Waals surface area contributed by atoms with E-state index < -0.39 is 6.10 Å². The number of ether oxygens (including phenoxy) is 2. The van der Waals surface area contributed by atoms with E-state index in [-0.39, 0.29) is 0 Å². The maximum atomic E-state index is 10.0. The molecule has 2 atom stereocenters. The quantitative estimate of drug-likeness (QED) is 0.774. The second-order valence-electron chi connectivity index (χ2n) is 6.11. The molecule has 1 aromatic rings. The summed E-state index contributed by atoms with van der Waals surface area (Å²) in [4.78, 5) is 0. The van der Waals surface area contributed by atoms with Crippen LogP contribution < -0.4 is 10.1 Å². The maximum absolute atomic E-state index is 10.0. The highest BCUT2D eigenvalue weighted by atomic mass is 16.5. The molecule has 2 N–H and O–H groups in total. The fourth-order valence-corrected chi connectivity index (χ4v) is 2.78. The Bertz CT molecular complexity index is 415. The largest absolute Gasteiger partial charge is 0.491 e. The van der Waals surface area contributed by atoms with Gasteiger partial charge in [0.1, 0.15) is 18.5 Å². The third-order valence-electron chi connectivity index (χ3n) is 4.42. The SMILES string of the molecule is CCc1ccc(OCC(O)CNC(C)C2CCOCC2)cc1. The van der Waals surface area contributed by atoms with Crippen LogP contribution in [0.3, 0.4) is 0 Å². The molecule has 4 heteroatoms. The van der Waals surface area contributed by atoms with E-state index in [0.29, 0.717) is 25.1 Å². The van der Waals surface area contributed by atoms with E-state index in [1.54, 1.807) is 0 Å². The van der Waals surface area contributed by atoms with E-state index in [2.05, 4.69) is 31.3 Å². The van der Waals surface area contributed by atoms with E-state index in [1.165, 1.54) is 5.56 Å². The Kier molecular flexibility index (Phi) is 7.16. The predicted octanol–water partition coefficient (Wildman–Crippen LogP) is 2.39. The maximum Gasteiger partial charge on any atom is 0.119 e. The van der Waals surface area contributed by atoms with Crippen LogP contribution in [0.5, 0.6) is 5.75 Å². The van der Waals surface area contributed by atoms with Crippen molar-refractivity contribution in [3.63, 3.8) is 0 Å².